The van der Waals surface area contributed by atoms with E-state index in [-0.39, 0.29) is 18.1 Å². The molecule has 0 aliphatic rings. The summed E-state index contributed by atoms with van der Waals surface area (Å²) in [7, 11) is 1.73. The monoisotopic (exact) mass is 425 g/mol. The number of carboxylic acid groups (broad SMARTS) is 1. The second-order valence-corrected chi connectivity index (χ2v) is 9.38. The van der Waals surface area contributed by atoms with Gasteiger partial charge >= 0.3 is 12.1 Å². The average molecular weight is 426 g/mol. The summed E-state index contributed by atoms with van der Waals surface area (Å²) >= 11 is 0. The fourth-order valence-electron chi connectivity index (χ4n) is 3.47. The molecule has 0 saturated carbocycles. The number of ether oxygens (including phenoxy) is 1. The molecular formula is C26H35NO4. The van der Waals surface area contributed by atoms with E-state index in [4.69, 9.17) is 4.74 Å². The number of rotatable bonds is 10. The van der Waals surface area contributed by atoms with E-state index in [1.807, 2.05) is 61.5 Å². The molecule has 0 saturated heterocycles. The van der Waals surface area contributed by atoms with Crippen LogP contribution in [0.4, 0.5) is 4.79 Å². The van der Waals surface area contributed by atoms with Gasteiger partial charge in [-0.2, -0.15) is 0 Å². The van der Waals surface area contributed by atoms with Gasteiger partial charge in [-0.3, -0.25) is 4.79 Å². The van der Waals surface area contributed by atoms with Gasteiger partial charge in [0.05, 0.1) is 5.41 Å². The largest absolute Gasteiger partial charge is 0.481 e. The van der Waals surface area contributed by atoms with Crippen LogP contribution in [0.25, 0.3) is 0 Å². The molecule has 0 aromatic heterocycles. The molecule has 1 N–H and O–H groups in total. The molecular weight excluding hydrogens is 390 g/mol. The molecule has 2 aromatic carbocycles. The molecule has 0 bridgehead atoms. The number of hydrogen-bond donors (Lipinski definition) is 1. The van der Waals surface area contributed by atoms with Crippen LogP contribution in [0.1, 0.15) is 56.7 Å². The van der Waals surface area contributed by atoms with E-state index in [9.17, 15) is 14.7 Å². The summed E-state index contributed by atoms with van der Waals surface area (Å²) in [6, 6.07) is 17.3. The van der Waals surface area contributed by atoms with E-state index in [0.717, 1.165) is 29.5 Å². The zero-order chi connectivity index (χ0) is 23.1. The highest BCUT2D eigenvalue weighted by Crippen LogP contribution is 2.36. The molecule has 1 atom stereocenters. The van der Waals surface area contributed by atoms with Gasteiger partial charge in [0.1, 0.15) is 6.61 Å². The summed E-state index contributed by atoms with van der Waals surface area (Å²) in [4.78, 5) is 26.0. The fourth-order valence-corrected chi connectivity index (χ4v) is 3.47. The van der Waals surface area contributed by atoms with Crippen molar-refractivity contribution in [2.24, 2.45) is 5.41 Å². The standard InChI is InChI=1S/C26H35NO4/c1-20-10-9-13-22(18-20)26(4,23(28)29)15-14-25(2,3)16-17-27(5)24(30)31-19-21-11-7-6-8-12-21/h6-13,18H,14-17,19H2,1-5H3,(H,28,29). The predicted molar refractivity (Wildman–Crippen MR) is 123 cm³/mol. The maximum absolute atomic E-state index is 12.3. The van der Waals surface area contributed by atoms with Gasteiger partial charge in [-0.1, -0.05) is 74.0 Å². The summed E-state index contributed by atoms with van der Waals surface area (Å²) < 4.78 is 5.38. The molecule has 2 aromatic rings. The van der Waals surface area contributed by atoms with E-state index < -0.39 is 11.4 Å². The van der Waals surface area contributed by atoms with Gasteiger partial charge in [-0.15, -0.1) is 0 Å². The van der Waals surface area contributed by atoms with Gasteiger partial charge in [-0.05, 0) is 49.7 Å². The first-order valence-corrected chi connectivity index (χ1v) is 10.8. The number of aryl methyl sites for hydroxylation is 1. The van der Waals surface area contributed by atoms with Crippen LogP contribution in [-0.4, -0.2) is 35.7 Å². The van der Waals surface area contributed by atoms with Crippen molar-refractivity contribution in [3.8, 4) is 0 Å². The van der Waals surface area contributed by atoms with Gasteiger partial charge in [0, 0.05) is 13.6 Å². The summed E-state index contributed by atoms with van der Waals surface area (Å²) in [6.07, 6.45) is 1.67. The molecule has 5 nitrogen and oxygen atoms in total. The lowest BCUT2D eigenvalue weighted by Gasteiger charge is -2.32. The molecule has 0 heterocycles. The molecule has 0 aliphatic carbocycles. The summed E-state index contributed by atoms with van der Waals surface area (Å²) in [5.74, 6) is -0.810. The molecule has 0 aliphatic heterocycles. The molecule has 31 heavy (non-hydrogen) atoms. The summed E-state index contributed by atoms with van der Waals surface area (Å²) in [5.41, 5.74) is 1.78. The van der Waals surface area contributed by atoms with Crippen LogP contribution in [0, 0.1) is 12.3 Å². The lowest BCUT2D eigenvalue weighted by molar-refractivity contribution is -0.143. The van der Waals surface area contributed by atoms with Gasteiger partial charge in [0.15, 0.2) is 0 Å². The SMILES string of the molecule is Cc1cccc(C(C)(CCC(C)(C)CCN(C)C(=O)OCc2ccccc2)C(=O)O)c1. The lowest BCUT2D eigenvalue weighted by atomic mass is 9.73. The number of hydrogen-bond acceptors (Lipinski definition) is 3. The Morgan fingerprint density at radius 2 is 1.65 bits per heavy atom. The zero-order valence-electron chi connectivity index (χ0n) is 19.4. The molecule has 0 fully saturated rings. The van der Waals surface area contributed by atoms with E-state index in [0.29, 0.717) is 13.0 Å². The van der Waals surface area contributed by atoms with Crippen LogP contribution in [0.15, 0.2) is 54.6 Å². The molecule has 168 valence electrons. The van der Waals surface area contributed by atoms with Crippen molar-refractivity contribution in [3.63, 3.8) is 0 Å². The second kappa shape index (κ2) is 10.5. The first-order chi connectivity index (χ1) is 14.5. The van der Waals surface area contributed by atoms with Crippen LogP contribution >= 0.6 is 0 Å². The number of carbonyl (C=O) groups excluding carboxylic acids is 1. The molecule has 1 amide bonds. The van der Waals surface area contributed by atoms with Crippen molar-refractivity contribution in [2.45, 2.75) is 59.0 Å². The third kappa shape index (κ3) is 7.12. The first kappa shape index (κ1) is 24.4. The zero-order valence-corrected chi connectivity index (χ0v) is 19.4. The quantitative estimate of drug-likeness (QED) is 0.522. The highest BCUT2D eigenvalue weighted by Gasteiger charge is 2.37. The van der Waals surface area contributed by atoms with Crippen molar-refractivity contribution in [1.82, 2.24) is 4.90 Å². The van der Waals surface area contributed by atoms with Gasteiger partial charge in [0.2, 0.25) is 0 Å². The van der Waals surface area contributed by atoms with Gasteiger partial charge in [0.25, 0.3) is 0 Å². The topological polar surface area (TPSA) is 66.8 Å². The van der Waals surface area contributed by atoms with Gasteiger partial charge in [-0.25, -0.2) is 4.79 Å². The maximum Gasteiger partial charge on any atom is 0.409 e. The number of carbonyl (C=O) groups is 2. The second-order valence-electron chi connectivity index (χ2n) is 9.38. The first-order valence-electron chi connectivity index (χ1n) is 10.8. The van der Waals surface area contributed by atoms with Crippen LogP contribution in [-0.2, 0) is 21.6 Å². The number of amides is 1. The lowest BCUT2D eigenvalue weighted by Crippen LogP contribution is -2.35. The Labute approximate surface area is 186 Å². The smallest absolute Gasteiger partial charge is 0.409 e. The molecule has 0 radical (unpaired) electrons. The van der Waals surface area contributed by atoms with Crippen LogP contribution < -0.4 is 0 Å². The van der Waals surface area contributed by atoms with E-state index in [1.54, 1.807) is 18.9 Å². The third-order valence-corrected chi connectivity index (χ3v) is 6.07. The molecule has 1 unspecified atom stereocenters. The Hall–Kier alpha value is -2.82. The van der Waals surface area contributed by atoms with Crippen molar-refractivity contribution in [2.75, 3.05) is 13.6 Å². The Balaban J connectivity index is 1.89. The summed E-state index contributed by atoms with van der Waals surface area (Å²) in [5, 5.41) is 9.95. The average Bonchev–Trinajstić information content (AvgIpc) is 2.74. The normalized spacial score (nSPS) is 13.3. The number of nitrogens with zero attached hydrogens (tertiary/aromatic N) is 1. The Bertz CT molecular complexity index is 878. The third-order valence-electron chi connectivity index (χ3n) is 6.07. The van der Waals surface area contributed by atoms with Crippen molar-refractivity contribution in [1.29, 1.82) is 0 Å². The number of carboxylic acids is 1. The Kier molecular flexibility index (Phi) is 8.26. The van der Waals surface area contributed by atoms with Crippen molar-refractivity contribution in [3.05, 3.63) is 71.3 Å². The van der Waals surface area contributed by atoms with Crippen LogP contribution in [0.2, 0.25) is 0 Å². The fraction of sp³-hybridized carbons (Fsp3) is 0.462. The maximum atomic E-state index is 12.3. The molecule has 2 rings (SSSR count). The molecule has 0 spiro atoms. The molecule has 5 heteroatoms. The predicted octanol–water partition coefficient (Wildman–Crippen LogP) is 5.80. The summed E-state index contributed by atoms with van der Waals surface area (Å²) in [6.45, 7) is 8.81. The van der Waals surface area contributed by atoms with Gasteiger partial charge < -0.3 is 14.7 Å². The van der Waals surface area contributed by atoms with Crippen molar-refractivity contribution < 1.29 is 19.4 Å². The Morgan fingerprint density at radius 1 is 0.968 bits per heavy atom. The van der Waals surface area contributed by atoms with Crippen molar-refractivity contribution >= 4 is 12.1 Å². The van der Waals surface area contributed by atoms with E-state index in [2.05, 4.69) is 13.8 Å². The highest BCUT2D eigenvalue weighted by atomic mass is 16.6. The minimum Gasteiger partial charge on any atom is -0.481 e. The van der Waals surface area contributed by atoms with Crippen LogP contribution in [0.5, 0.6) is 0 Å². The number of aliphatic carboxylic acids is 1. The van der Waals surface area contributed by atoms with E-state index in [1.165, 1.54) is 0 Å². The number of benzene rings is 2. The van der Waals surface area contributed by atoms with Crippen LogP contribution in [0.3, 0.4) is 0 Å². The van der Waals surface area contributed by atoms with E-state index >= 15 is 0 Å². The minimum atomic E-state index is -0.941. The highest BCUT2D eigenvalue weighted by molar-refractivity contribution is 5.80. The Morgan fingerprint density at radius 3 is 2.26 bits per heavy atom. The minimum absolute atomic E-state index is 0.117.